The molecule has 0 bridgehead atoms. The zero-order valence-corrected chi connectivity index (χ0v) is 19.8. The van der Waals surface area contributed by atoms with Crippen molar-refractivity contribution in [1.29, 1.82) is 0 Å². The van der Waals surface area contributed by atoms with Gasteiger partial charge in [0.05, 0.1) is 0 Å². The molecule has 2 heterocycles. The van der Waals surface area contributed by atoms with Gasteiger partial charge in [0, 0.05) is 31.2 Å². The lowest BCUT2D eigenvalue weighted by molar-refractivity contribution is -0.135. The van der Waals surface area contributed by atoms with E-state index in [0.717, 1.165) is 54.4 Å². The average molecular weight is 466 g/mol. The fourth-order valence-corrected chi connectivity index (χ4v) is 5.01. The molecule has 1 atom stereocenters. The summed E-state index contributed by atoms with van der Waals surface area (Å²) in [7, 11) is 0. The molecule has 3 aromatic carbocycles. The summed E-state index contributed by atoms with van der Waals surface area (Å²) in [6.07, 6.45) is 3.15. The first-order valence-electron chi connectivity index (χ1n) is 12.4. The van der Waals surface area contributed by atoms with Gasteiger partial charge in [-0.05, 0) is 65.5 Å². The number of benzene rings is 3. The van der Waals surface area contributed by atoms with Gasteiger partial charge in [0.1, 0.15) is 6.04 Å². The molecule has 1 fully saturated rings. The van der Waals surface area contributed by atoms with Gasteiger partial charge in [-0.3, -0.25) is 14.9 Å². The zero-order valence-electron chi connectivity index (χ0n) is 19.8. The molecule has 5 rings (SSSR count). The van der Waals surface area contributed by atoms with Gasteiger partial charge in [0.15, 0.2) is 0 Å². The van der Waals surface area contributed by atoms with Gasteiger partial charge >= 0.3 is 0 Å². The molecule has 1 saturated heterocycles. The first-order valence-corrected chi connectivity index (χ1v) is 12.4. The van der Waals surface area contributed by atoms with Gasteiger partial charge in [-0.25, -0.2) is 0 Å². The van der Waals surface area contributed by atoms with E-state index in [9.17, 15) is 9.59 Å². The number of amides is 1. The number of carbonyl (C=O) groups is 1. The molecule has 1 aromatic heterocycles. The maximum atomic E-state index is 13.7. The molecule has 0 aliphatic carbocycles. The van der Waals surface area contributed by atoms with Crippen LogP contribution in [-0.2, 0) is 17.8 Å². The summed E-state index contributed by atoms with van der Waals surface area (Å²) in [4.78, 5) is 30.1. The van der Waals surface area contributed by atoms with Crippen molar-refractivity contribution in [2.75, 3.05) is 13.1 Å². The number of fused-ring (bicyclic) bond motifs is 1. The molecule has 0 unspecified atom stereocenters. The number of nitrogens with zero attached hydrogens (tertiary/aromatic N) is 1. The third kappa shape index (κ3) is 5.69. The number of likely N-dealkylation sites (tertiary alicyclic amines) is 1. The molecule has 178 valence electrons. The molecule has 1 aliphatic heterocycles. The Kier molecular flexibility index (Phi) is 7.05. The number of H-pyrrole nitrogens is 1. The molecule has 0 radical (unpaired) electrons. The van der Waals surface area contributed by atoms with Crippen molar-refractivity contribution in [2.24, 2.45) is 5.92 Å². The van der Waals surface area contributed by atoms with Gasteiger partial charge in [0.2, 0.25) is 11.5 Å². The Morgan fingerprint density at radius 3 is 2.34 bits per heavy atom. The summed E-state index contributed by atoms with van der Waals surface area (Å²) in [6.45, 7) is 2.15. The van der Waals surface area contributed by atoms with E-state index >= 15 is 0 Å². The number of rotatable bonds is 7. The molecule has 2 N–H and O–H groups in total. The topological polar surface area (TPSA) is 65.2 Å². The van der Waals surface area contributed by atoms with Crippen LogP contribution in [0.1, 0.15) is 35.6 Å². The van der Waals surface area contributed by atoms with Crippen LogP contribution in [0.4, 0.5) is 0 Å². The molecule has 0 saturated carbocycles. The van der Waals surface area contributed by atoms with Gasteiger partial charge < -0.3 is 9.88 Å². The van der Waals surface area contributed by atoms with E-state index in [4.69, 9.17) is 0 Å². The molecule has 1 aliphatic rings. The highest BCUT2D eigenvalue weighted by molar-refractivity contribution is 5.83. The van der Waals surface area contributed by atoms with E-state index in [1.54, 1.807) is 0 Å². The Morgan fingerprint density at radius 1 is 0.886 bits per heavy atom. The molecule has 5 heteroatoms. The SMILES string of the molecule is O=C([C@H](NCc1ccc2[nH]c(=O)ccc2c1)c1ccccc1)N1CCC(Cc2ccccc2)CC1. The van der Waals surface area contributed by atoms with E-state index < -0.39 is 6.04 Å². The van der Waals surface area contributed by atoms with Crippen LogP contribution in [0, 0.1) is 5.92 Å². The molecule has 0 spiro atoms. The summed E-state index contributed by atoms with van der Waals surface area (Å²) in [5, 5.41) is 4.49. The van der Waals surface area contributed by atoms with Gasteiger partial charge in [0.25, 0.3) is 0 Å². The monoisotopic (exact) mass is 465 g/mol. The Labute approximate surface area is 205 Å². The summed E-state index contributed by atoms with van der Waals surface area (Å²) in [5.74, 6) is 0.758. The number of piperidine rings is 1. The van der Waals surface area contributed by atoms with E-state index in [0.29, 0.717) is 12.5 Å². The first-order chi connectivity index (χ1) is 17.2. The lowest BCUT2D eigenvalue weighted by Gasteiger charge is -2.34. The van der Waals surface area contributed by atoms with Gasteiger partial charge in [-0.1, -0.05) is 66.7 Å². The quantitative estimate of drug-likeness (QED) is 0.410. The van der Waals surface area contributed by atoms with Crippen LogP contribution in [-0.4, -0.2) is 28.9 Å². The van der Waals surface area contributed by atoms with Crippen LogP contribution in [0.25, 0.3) is 10.9 Å². The number of aromatic nitrogens is 1. The predicted octanol–water partition coefficient (Wildman–Crippen LogP) is 4.84. The maximum Gasteiger partial charge on any atom is 0.248 e. The number of aromatic amines is 1. The summed E-state index contributed by atoms with van der Waals surface area (Å²) in [5.41, 5.74) is 4.13. The van der Waals surface area contributed by atoms with Crippen LogP contribution in [0.2, 0.25) is 0 Å². The highest BCUT2D eigenvalue weighted by atomic mass is 16.2. The van der Waals surface area contributed by atoms with Gasteiger partial charge in [-0.2, -0.15) is 0 Å². The van der Waals surface area contributed by atoms with E-state index in [1.807, 2.05) is 53.4 Å². The zero-order chi connectivity index (χ0) is 24.0. The number of hydrogen-bond acceptors (Lipinski definition) is 3. The highest BCUT2D eigenvalue weighted by Crippen LogP contribution is 2.25. The fourth-order valence-electron chi connectivity index (χ4n) is 5.01. The average Bonchev–Trinajstić information content (AvgIpc) is 2.90. The standard InChI is InChI=1S/C30H31N3O2/c34-28-14-12-26-20-24(11-13-27(26)32-28)21-31-29(25-9-5-2-6-10-25)30(35)33-17-15-23(16-18-33)19-22-7-3-1-4-8-22/h1-14,20,23,29,31H,15-19,21H2,(H,32,34)/t29-/m1/s1. The van der Waals surface area contributed by atoms with Crippen LogP contribution < -0.4 is 10.9 Å². The second kappa shape index (κ2) is 10.7. The van der Waals surface area contributed by atoms with Crippen molar-refractivity contribution in [1.82, 2.24) is 15.2 Å². The van der Waals surface area contributed by atoms with Crippen molar-refractivity contribution in [2.45, 2.75) is 31.8 Å². The van der Waals surface area contributed by atoms with Crippen molar-refractivity contribution in [3.8, 4) is 0 Å². The number of carbonyl (C=O) groups excluding carboxylic acids is 1. The molecular formula is C30H31N3O2. The lowest BCUT2D eigenvalue weighted by Crippen LogP contribution is -2.45. The van der Waals surface area contributed by atoms with Crippen LogP contribution >= 0.6 is 0 Å². The molecule has 1 amide bonds. The Balaban J connectivity index is 1.26. The predicted molar refractivity (Wildman–Crippen MR) is 140 cm³/mol. The minimum absolute atomic E-state index is 0.106. The minimum atomic E-state index is -0.395. The van der Waals surface area contributed by atoms with Crippen LogP contribution in [0.15, 0.2) is 95.8 Å². The summed E-state index contributed by atoms with van der Waals surface area (Å²) >= 11 is 0. The minimum Gasteiger partial charge on any atom is -0.341 e. The van der Waals surface area contributed by atoms with Crippen molar-refractivity contribution < 1.29 is 4.79 Å². The number of nitrogens with one attached hydrogen (secondary N) is 2. The maximum absolute atomic E-state index is 13.7. The molecule has 4 aromatic rings. The van der Waals surface area contributed by atoms with Crippen LogP contribution in [0.3, 0.4) is 0 Å². The van der Waals surface area contributed by atoms with E-state index in [2.05, 4.69) is 46.7 Å². The summed E-state index contributed by atoms with van der Waals surface area (Å²) in [6, 6.07) is 29.5. The second-order valence-electron chi connectivity index (χ2n) is 9.43. The largest absolute Gasteiger partial charge is 0.341 e. The molecular weight excluding hydrogens is 434 g/mol. The third-order valence-electron chi connectivity index (χ3n) is 6.97. The van der Waals surface area contributed by atoms with Gasteiger partial charge in [-0.15, -0.1) is 0 Å². The third-order valence-corrected chi connectivity index (χ3v) is 6.97. The van der Waals surface area contributed by atoms with Crippen molar-refractivity contribution in [3.63, 3.8) is 0 Å². The van der Waals surface area contributed by atoms with E-state index in [-0.39, 0.29) is 11.5 Å². The molecule has 5 nitrogen and oxygen atoms in total. The highest BCUT2D eigenvalue weighted by Gasteiger charge is 2.29. The summed E-state index contributed by atoms with van der Waals surface area (Å²) < 4.78 is 0. The fraction of sp³-hybridized carbons (Fsp3) is 0.267. The molecule has 35 heavy (non-hydrogen) atoms. The lowest BCUT2D eigenvalue weighted by atomic mass is 9.89. The smallest absolute Gasteiger partial charge is 0.248 e. The first kappa shape index (κ1) is 23.1. The second-order valence-corrected chi connectivity index (χ2v) is 9.43. The van der Waals surface area contributed by atoms with Crippen molar-refractivity contribution >= 4 is 16.8 Å². The number of hydrogen-bond donors (Lipinski definition) is 2. The Morgan fingerprint density at radius 2 is 1.60 bits per heavy atom. The van der Waals surface area contributed by atoms with Crippen LogP contribution in [0.5, 0.6) is 0 Å². The number of pyridine rings is 1. The normalized spacial score (nSPS) is 15.3. The Hall–Kier alpha value is -3.70. The van der Waals surface area contributed by atoms with E-state index in [1.165, 1.54) is 11.6 Å². The van der Waals surface area contributed by atoms with Crippen molar-refractivity contribution in [3.05, 3.63) is 118 Å². The Bertz CT molecular complexity index is 1330.